The number of hydrogen-bond acceptors (Lipinski definition) is 3. The molecule has 128 valence electrons. The Kier molecular flexibility index (Phi) is 5.18. The largest absolute Gasteiger partial charge is 0.494 e. The van der Waals surface area contributed by atoms with Gasteiger partial charge in [-0.25, -0.2) is 4.79 Å². The SMILES string of the molecule is COc1cccc(OC)c1NC(=O)Nc1ccc(C(F)(F)F)cc1. The van der Waals surface area contributed by atoms with Crippen LogP contribution in [0.25, 0.3) is 0 Å². The number of benzene rings is 2. The topological polar surface area (TPSA) is 59.6 Å². The Labute approximate surface area is 136 Å². The number of carbonyl (C=O) groups is 1. The lowest BCUT2D eigenvalue weighted by Gasteiger charge is -2.14. The normalized spacial score (nSPS) is 10.9. The molecular formula is C16H15F3N2O3. The number of rotatable bonds is 4. The standard InChI is InChI=1S/C16H15F3N2O3/c1-23-12-4-3-5-13(24-2)14(12)21-15(22)20-11-8-6-10(7-9-11)16(17,18)19/h3-9H,1-2H3,(H2,20,21,22). The maximum Gasteiger partial charge on any atom is 0.416 e. The van der Waals surface area contributed by atoms with E-state index in [0.717, 1.165) is 12.1 Å². The van der Waals surface area contributed by atoms with Gasteiger partial charge >= 0.3 is 12.2 Å². The Balaban J connectivity index is 2.12. The molecule has 2 amide bonds. The second-order valence-electron chi connectivity index (χ2n) is 4.69. The summed E-state index contributed by atoms with van der Waals surface area (Å²) in [5.41, 5.74) is -0.263. The first kappa shape index (κ1) is 17.5. The van der Waals surface area contributed by atoms with Gasteiger partial charge in [-0.3, -0.25) is 0 Å². The van der Waals surface area contributed by atoms with E-state index in [-0.39, 0.29) is 5.69 Å². The molecule has 0 unspecified atom stereocenters. The van der Waals surface area contributed by atoms with E-state index in [0.29, 0.717) is 17.2 Å². The zero-order valence-electron chi connectivity index (χ0n) is 12.9. The van der Waals surface area contributed by atoms with Crippen LogP contribution in [0.2, 0.25) is 0 Å². The Hall–Kier alpha value is -2.90. The predicted octanol–water partition coefficient (Wildman–Crippen LogP) is 4.37. The summed E-state index contributed by atoms with van der Waals surface area (Å²) >= 11 is 0. The fourth-order valence-corrected chi connectivity index (χ4v) is 1.99. The first-order chi connectivity index (χ1) is 11.3. The predicted molar refractivity (Wildman–Crippen MR) is 83.6 cm³/mol. The van der Waals surface area contributed by atoms with Gasteiger partial charge in [0.15, 0.2) is 0 Å². The van der Waals surface area contributed by atoms with Gasteiger partial charge in [0.05, 0.1) is 19.8 Å². The molecule has 5 nitrogen and oxygen atoms in total. The maximum absolute atomic E-state index is 12.5. The number of anilines is 2. The summed E-state index contributed by atoms with van der Waals surface area (Å²) < 4.78 is 47.8. The van der Waals surface area contributed by atoms with Gasteiger partial charge in [0, 0.05) is 5.69 Å². The van der Waals surface area contributed by atoms with E-state index < -0.39 is 17.8 Å². The molecule has 0 saturated heterocycles. The summed E-state index contributed by atoms with van der Waals surface area (Å²) in [5, 5.41) is 5.00. The third kappa shape index (κ3) is 4.09. The van der Waals surface area contributed by atoms with Gasteiger partial charge in [0.1, 0.15) is 17.2 Å². The lowest BCUT2D eigenvalue weighted by molar-refractivity contribution is -0.137. The van der Waals surface area contributed by atoms with Gasteiger partial charge in [-0.1, -0.05) is 6.07 Å². The third-order valence-corrected chi connectivity index (χ3v) is 3.14. The molecule has 0 aliphatic rings. The van der Waals surface area contributed by atoms with Crippen LogP contribution in [0.3, 0.4) is 0 Å². The van der Waals surface area contributed by atoms with Crippen LogP contribution in [0.5, 0.6) is 11.5 Å². The fraction of sp³-hybridized carbons (Fsp3) is 0.188. The van der Waals surface area contributed by atoms with Gasteiger partial charge < -0.3 is 20.1 Å². The van der Waals surface area contributed by atoms with Crippen molar-refractivity contribution in [3.63, 3.8) is 0 Å². The molecule has 0 aliphatic carbocycles. The number of alkyl halides is 3. The first-order valence-corrected chi connectivity index (χ1v) is 6.81. The Morgan fingerprint density at radius 3 is 1.92 bits per heavy atom. The van der Waals surface area contributed by atoms with Crippen molar-refractivity contribution in [2.75, 3.05) is 24.9 Å². The molecule has 0 heterocycles. The van der Waals surface area contributed by atoms with Crippen molar-refractivity contribution in [2.24, 2.45) is 0 Å². The van der Waals surface area contributed by atoms with E-state index in [1.54, 1.807) is 18.2 Å². The molecule has 8 heteroatoms. The minimum absolute atomic E-state index is 0.217. The molecule has 0 aromatic heterocycles. The average molecular weight is 340 g/mol. The highest BCUT2D eigenvalue weighted by molar-refractivity contribution is 6.01. The van der Waals surface area contributed by atoms with E-state index >= 15 is 0 Å². The molecule has 0 radical (unpaired) electrons. The summed E-state index contributed by atoms with van der Waals surface area (Å²) in [5.74, 6) is 0.772. The Morgan fingerprint density at radius 1 is 0.917 bits per heavy atom. The van der Waals surface area contributed by atoms with Crippen LogP contribution in [-0.4, -0.2) is 20.3 Å². The highest BCUT2D eigenvalue weighted by Gasteiger charge is 2.30. The van der Waals surface area contributed by atoms with Gasteiger partial charge in [0.2, 0.25) is 0 Å². The van der Waals surface area contributed by atoms with Crippen LogP contribution in [0.1, 0.15) is 5.56 Å². The van der Waals surface area contributed by atoms with Crippen LogP contribution < -0.4 is 20.1 Å². The molecule has 0 fully saturated rings. The van der Waals surface area contributed by atoms with Crippen molar-refractivity contribution in [3.05, 3.63) is 48.0 Å². The lowest BCUT2D eigenvalue weighted by Crippen LogP contribution is -2.20. The van der Waals surface area contributed by atoms with Gasteiger partial charge in [-0.05, 0) is 36.4 Å². The molecule has 2 aromatic carbocycles. The highest BCUT2D eigenvalue weighted by atomic mass is 19.4. The number of hydrogen-bond donors (Lipinski definition) is 2. The number of carbonyl (C=O) groups excluding carboxylic acids is 1. The third-order valence-electron chi connectivity index (χ3n) is 3.14. The Bertz CT molecular complexity index is 693. The van der Waals surface area contributed by atoms with Crippen LogP contribution >= 0.6 is 0 Å². The highest BCUT2D eigenvalue weighted by Crippen LogP contribution is 2.34. The Morgan fingerprint density at radius 2 is 1.46 bits per heavy atom. The van der Waals surface area contributed by atoms with Crippen molar-refractivity contribution in [1.29, 1.82) is 0 Å². The van der Waals surface area contributed by atoms with Crippen molar-refractivity contribution in [1.82, 2.24) is 0 Å². The van der Waals surface area contributed by atoms with Crippen molar-refractivity contribution >= 4 is 17.4 Å². The number of halogens is 3. The summed E-state index contributed by atoms with van der Waals surface area (Å²) in [7, 11) is 2.88. The number of amides is 2. The minimum Gasteiger partial charge on any atom is -0.494 e. The zero-order valence-corrected chi connectivity index (χ0v) is 12.9. The molecule has 2 N–H and O–H groups in total. The van der Waals surface area contributed by atoms with E-state index in [1.807, 2.05) is 0 Å². The van der Waals surface area contributed by atoms with Crippen LogP contribution in [0.4, 0.5) is 29.3 Å². The van der Waals surface area contributed by atoms with Crippen molar-refractivity contribution < 1.29 is 27.4 Å². The number of urea groups is 1. The molecule has 0 atom stereocenters. The molecule has 24 heavy (non-hydrogen) atoms. The molecule has 0 saturated carbocycles. The quantitative estimate of drug-likeness (QED) is 0.869. The molecular weight excluding hydrogens is 325 g/mol. The summed E-state index contributed by atoms with van der Waals surface area (Å²) in [4.78, 5) is 12.0. The summed E-state index contributed by atoms with van der Waals surface area (Å²) in [6.07, 6.45) is -4.43. The lowest BCUT2D eigenvalue weighted by atomic mass is 10.2. The average Bonchev–Trinajstić information content (AvgIpc) is 2.54. The maximum atomic E-state index is 12.5. The summed E-state index contributed by atoms with van der Waals surface area (Å²) in [6, 6.07) is 8.43. The summed E-state index contributed by atoms with van der Waals surface area (Å²) in [6.45, 7) is 0. The smallest absolute Gasteiger partial charge is 0.416 e. The minimum atomic E-state index is -4.43. The number of para-hydroxylation sites is 1. The fourth-order valence-electron chi connectivity index (χ4n) is 1.99. The van der Waals surface area contributed by atoms with Crippen LogP contribution in [0.15, 0.2) is 42.5 Å². The second kappa shape index (κ2) is 7.12. The number of ether oxygens (including phenoxy) is 2. The van der Waals surface area contributed by atoms with Crippen molar-refractivity contribution in [3.8, 4) is 11.5 Å². The molecule has 2 rings (SSSR count). The van der Waals surface area contributed by atoms with E-state index in [9.17, 15) is 18.0 Å². The molecule has 2 aromatic rings. The van der Waals surface area contributed by atoms with E-state index in [2.05, 4.69) is 10.6 Å². The number of methoxy groups -OCH3 is 2. The van der Waals surface area contributed by atoms with Gasteiger partial charge in [-0.15, -0.1) is 0 Å². The first-order valence-electron chi connectivity index (χ1n) is 6.81. The second-order valence-corrected chi connectivity index (χ2v) is 4.69. The van der Waals surface area contributed by atoms with Gasteiger partial charge in [0.25, 0.3) is 0 Å². The zero-order chi connectivity index (χ0) is 17.7. The number of nitrogens with one attached hydrogen (secondary N) is 2. The molecule has 0 spiro atoms. The van der Waals surface area contributed by atoms with Crippen LogP contribution in [0, 0.1) is 0 Å². The van der Waals surface area contributed by atoms with Crippen molar-refractivity contribution in [2.45, 2.75) is 6.18 Å². The van der Waals surface area contributed by atoms with E-state index in [4.69, 9.17) is 9.47 Å². The van der Waals surface area contributed by atoms with E-state index in [1.165, 1.54) is 26.4 Å². The monoisotopic (exact) mass is 340 g/mol. The molecule has 0 aliphatic heterocycles. The van der Waals surface area contributed by atoms with Gasteiger partial charge in [-0.2, -0.15) is 13.2 Å². The molecule has 0 bridgehead atoms. The van der Waals surface area contributed by atoms with Crippen LogP contribution in [-0.2, 0) is 6.18 Å².